The predicted octanol–water partition coefficient (Wildman–Crippen LogP) is 2.59. The van der Waals surface area contributed by atoms with Crippen LogP contribution in [0.15, 0.2) is 12.2 Å². The van der Waals surface area contributed by atoms with Crippen molar-refractivity contribution in [1.82, 2.24) is 5.32 Å². The van der Waals surface area contributed by atoms with Crippen LogP contribution >= 0.6 is 0 Å². The van der Waals surface area contributed by atoms with Crippen molar-refractivity contribution >= 4 is 0 Å². The van der Waals surface area contributed by atoms with Crippen LogP contribution in [-0.4, -0.2) is 12.6 Å². The van der Waals surface area contributed by atoms with Gasteiger partial charge in [0.1, 0.15) is 0 Å². The highest BCUT2D eigenvalue weighted by Gasteiger charge is 2.22. The van der Waals surface area contributed by atoms with Crippen LogP contribution < -0.4 is 5.32 Å². The van der Waals surface area contributed by atoms with Gasteiger partial charge in [-0.1, -0.05) is 32.9 Å². The lowest BCUT2D eigenvalue weighted by atomic mass is 9.95. The molecule has 1 N–H and O–H groups in total. The fourth-order valence-electron chi connectivity index (χ4n) is 1.89. The van der Waals surface area contributed by atoms with Gasteiger partial charge in [0, 0.05) is 6.04 Å². The van der Waals surface area contributed by atoms with E-state index in [9.17, 15) is 0 Å². The molecule has 0 saturated carbocycles. The molecule has 0 radical (unpaired) electrons. The van der Waals surface area contributed by atoms with Gasteiger partial charge in [-0.3, -0.25) is 0 Å². The Kier molecular flexibility index (Phi) is 3.33. The minimum atomic E-state index is 0.599. The minimum absolute atomic E-state index is 0.599. The average Bonchev–Trinajstić information content (AvgIpc) is 2.34. The molecule has 2 atom stereocenters. The van der Waals surface area contributed by atoms with E-state index in [0.29, 0.717) is 6.04 Å². The molecule has 0 aliphatic carbocycles. The Balaban J connectivity index is 2.33. The third-order valence-corrected chi connectivity index (χ3v) is 2.51. The molecule has 70 valence electrons. The molecule has 12 heavy (non-hydrogen) atoms. The molecule has 1 saturated heterocycles. The van der Waals surface area contributed by atoms with Crippen LogP contribution in [0.3, 0.4) is 0 Å². The second-order valence-electron chi connectivity index (χ2n) is 4.56. The summed E-state index contributed by atoms with van der Waals surface area (Å²) in [5.41, 5.74) is 1.40. The van der Waals surface area contributed by atoms with E-state index in [4.69, 9.17) is 0 Å². The van der Waals surface area contributed by atoms with E-state index in [1.807, 2.05) is 0 Å². The van der Waals surface area contributed by atoms with Crippen molar-refractivity contribution < 1.29 is 0 Å². The number of hydrogen-bond acceptors (Lipinski definition) is 1. The van der Waals surface area contributed by atoms with Crippen LogP contribution in [0, 0.1) is 11.8 Å². The zero-order chi connectivity index (χ0) is 9.14. The molecule has 0 amide bonds. The molecular formula is C11H21N. The Morgan fingerprint density at radius 2 is 2.25 bits per heavy atom. The molecule has 0 aromatic rings. The van der Waals surface area contributed by atoms with Crippen molar-refractivity contribution in [3.63, 3.8) is 0 Å². The van der Waals surface area contributed by atoms with Gasteiger partial charge in [-0.25, -0.2) is 0 Å². The van der Waals surface area contributed by atoms with Gasteiger partial charge in [0.25, 0.3) is 0 Å². The summed E-state index contributed by atoms with van der Waals surface area (Å²) in [7, 11) is 0. The van der Waals surface area contributed by atoms with Crippen LogP contribution in [-0.2, 0) is 0 Å². The molecule has 1 nitrogen and oxygen atoms in total. The zero-order valence-electron chi connectivity index (χ0n) is 8.56. The Hall–Kier alpha value is -0.300. The lowest BCUT2D eigenvalue weighted by Gasteiger charge is -2.15. The second-order valence-corrected chi connectivity index (χ2v) is 4.56. The van der Waals surface area contributed by atoms with Crippen molar-refractivity contribution in [3.05, 3.63) is 12.2 Å². The Morgan fingerprint density at radius 3 is 2.67 bits per heavy atom. The van der Waals surface area contributed by atoms with Crippen LogP contribution in [0.4, 0.5) is 0 Å². The van der Waals surface area contributed by atoms with E-state index in [-0.39, 0.29) is 0 Å². The van der Waals surface area contributed by atoms with Crippen molar-refractivity contribution in [2.45, 2.75) is 39.7 Å². The third-order valence-electron chi connectivity index (χ3n) is 2.51. The smallest absolute Gasteiger partial charge is 0.0279 e. The molecule has 2 unspecified atom stereocenters. The highest BCUT2D eigenvalue weighted by molar-refractivity contribution is 5.08. The van der Waals surface area contributed by atoms with Gasteiger partial charge in [0.2, 0.25) is 0 Å². The summed E-state index contributed by atoms with van der Waals surface area (Å²) in [6.07, 6.45) is 2.45. The summed E-state index contributed by atoms with van der Waals surface area (Å²) in [6.45, 7) is 12.1. The molecule has 1 aliphatic heterocycles. The Bertz CT molecular complexity index is 160. The van der Waals surface area contributed by atoms with Crippen molar-refractivity contribution in [3.8, 4) is 0 Å². The quantitative estimate of drug-likeness (QED) is 0.637. The van der Waals surface area contributed by atoms with Gasteiger partial charge in [-0.2, -0.15) is 0 Å². The molecule has 0 bridgehead atoms. The maximum absolute atomic E-state index is 4.15. The van der Waals surface area contributed by atoms with Crippen molar-refractivity contribution in [2.24, 2.45) is 11.8 Å². The molecule has 0 aromatic heterocycles. The summed E-state index contributed by atoms with van der Waals surface area (Å²) in [4.78, 5) is 0. The zero-order valence-corrected chi connectivity index (χ0v) is 8.56. The van der Waals surface area contributed by atoms with Gasteiger partial charge < -0.3 is 5.32 Å². The number of hydrogen-bond donors (Lipinski definition) is 1. The van der Waals surface area contributed by atoms with Crippen LogP contribution in [0.5, 0.6) is 0 Å². The van der Waals surface area contributed by atoms with E-state index in [0.717, 1.165) is 11.8 Å². The Morgan fingerprint density at radius 1 is 1.58 bits per heavy atom. The highest BCUT2D eigenvalue weighted by Crippen LogP contribution is 2.22. The standard InChI is InChI=1S/C11H21N/c1-8(2)5-10(4)11-6-9(3)7-12-11/h8-9,11-12H,4-7H2,1-3H3. The third kappa shape index (κ3) is 2.63. The van der Waals surface area contributed by atoms with E-state index >= 15 is 0 Å². The van der Waals surface area contributed by atoms with Crippen LogP contribution in [0.25, 0.3) is 0 Å². The minimum Gasteiger partial charge on any atom is -0.310 e. The van der Waals surface area contributed by atoms with Gasteiger partial charge in [-0.05, 0) is 31.2 Å². The first-order valence-corrected chi connectivity index (χ1v) is 5.00. The summed E-state index contributed by atoms with van der Waals surface area (Å²) in [6, 6.07) is 0.599. The molecule has 1 fully saturated rings. The van der Waals surface area contributed by atoms with Gasteiger partial charge in [-0.15, -0.1) is 0 Å². The summed E-state index contributed by atoms with van der Waals surface area (Å²) in [5.74, 6) is 1.58. The molecule has 0 aromatic carbocycles. The highest BCUT2D eigenvalue weighted by atomic mass is 14.9. The van der Waals surface area contributed by atoms with Gasteiger partial charge in [0.15, 0.2) is 0 Å². The first-order valence-electron chi connectivity index (χ1n) is 5.00. The lowest BCUT2D eigenvalue weighted by Crippen LogP contribution is -2.23. The predicted molar refractivity (Wildman–Crippen MR) is 54.2 cm³/mol. The number of rotatable bonds is 3. The fraction of sp³-hybridized carbons (Fsp3) is 0.818. The summed E-state index contributed by atoms with van der Waals surface area (Å²) >= 11 is 0. The molecule has 0 spiro atoms. The summed E-state index contributed by atoms with van der Waals surface area (Å²) in [5, 5.41) is 3.51. The SMILES string of the molecule is C=C(CC(C)C)C1CC(C)CN1. The average molecular weight is 167 g/mol. The molecule has 1 heterocycles. The first kappa shape index (κ1) is 9.79. The van der Waals surface area contributed by atoms with E-state index in [1.165, 1.54) is 25.0 Å². The monoisotopic (exact) mass is 167 g/mol. The fourth-order valence-corrected chi connectivity index (χ4v) is 1.89. The largest absolute Gasteiger partial charge is 0.310 e. The van der Waals surface area contributed by atoms with Crippen molar-refractivity contribution in [1.29, 1.82) is 0 Å². The van der Waals surface area contributed by atoms with Gasteiger partial charge in [0.05, 0.1) is 0 Å². The Labute approximate surface area is 76.2 Å². The van der Waals surface area contributed by atoms with Crippen molar-refractivity contribution in [2.75, 3.05) is 6.54 Å². The first-order chi connectivity index (χ1) is 5.59. The van der Waals surface area contributed by atoms with Gasteiger partial charge >= 0.3 is 0 Å². The van der Waals surface area contributed by atoms with E-state index < -0.39 is 0 Å². The second kappa shape index (κ2) is 4.08. The molecule has 1 rings (SSSR count). The maximum atomic E-state index is 4.15. The molecule has 1 aliphatic rings. The number of nitrogens with one attached hydrogen (secondary N) is 1. The topological polar surface area (TPSA) is 12.0 Å². The maximum Gasteiger partial charge on any atom is 0.0279 e. The van der Waals surface area contributed by atoms with E-state index in [2.05, 4.69) is 32.7 Å². The van der Waals surface area contributed by atoms with Crippen LogP contribution in [0.2, 0.25) is 0 Å². The lowest BCUT2D eigenvalue weighted by molar-refractivity contribution is 0.568. The molecular weight excluding hydrogens is 146 g/mol. The van der Waals surface area contributed by atoms with E-state index in [1.54, 1.807) is 0 Å². The van der Waals surface area contributed by atoms with Crippen LogP contribution in [0.1, 0.15) is 33.6 Å². The molecule has 1 heteroatoms. The summed E-state index contributed by atoms with van der Waals surface area (Å²) < 4.78 is 0. The normalized spacial score (nSPS) is 29.7.